The summed E-state index contributed by atoms with van der Waals surface area (Å²) in [6, 6.07) is 11.1. The Hall–Kier alpha value is -2.60. The Morgan fingerprint density at radius 1 is 0.897 bits per heavy atom. The van der Waals surface area contributed by atoms with Crippen LogP contribution in [0.15, 0.2) is 63.0 Å². The van der Waals surface area contributed by atoms with Crippen molar-refractivity contribution in [2.24, 2.45) is 0 Å². The molecule has 200 valence electrons. The number of rotatable bonds is 6. The molecule has 1 fully saturated rings. The Labute approximate surface area is 258 Å². The van der Waals surface area contributed by atoms with Crippen LogP contribution in [0.2, 0.25) is 20.1 Å². The first-order chi connectivity index (χ1) is 18.4. The van der Waals surface area contributed by atoms with E-state index in [1.165, 1.54) is 30.3 Å². The molecule has 1 aliphatic heterocycles. The number of nitrogens with zero attached hydrogens (tertiary/aromatic N) is 1. The standard InChI is InChI=1S/C25H13Br2Cl4N3O5/c26-15-6-11(7-16(27)22(15)39-10-21(35)32-12-1-3-17(28)19(30)8-12)5-14-23(36)33-25(38)34(24(14)37)13-2-4-18(29)20(31)9-13/h1-9H,10H2,(H,32,35)(H,33,36,38)/b14-5-. The number of nitrogens with one attached hydrogen (secondary N) is 2. The molecule has 0 aromatic heterocycles. The molecule has 39 heavy (non-hydrogen) atoms. The maximum atomic E-state index is 13.1. The fraction of sp³-hybridized carbons (Fsp3) is 0.0400. The van der Waals surface area contributed by atoms with Crippen molar-refractivity contribution < 1.29 is 23.9 Å². The first-order valence-electron chi connectivity index (χ1n) is 10.7. The van der Waals surface area contributed by atoms with E-state index in [0.29, 0.717) is 36.0 Å². The molecule has 0 unspecified atom stereocenters. The number of ether oxygens (including phenoxy) is 1. The first-order valence-corrected chi connectivity index (χ1v) is 13.8. The van der Waals surface area contributed by atoms with Gasteiger partial charge in [0, 0.05) is 5.69 Å². The van der Waals surface area contributed by atoms with Crippen LogP contribution in [-0.2, 0) is 14.4 Å². The minimum absolute atomic E-state index is 0.131. The number of hydrogen-bond acceptors (Lipinski definition) is 5. The molecule has 0 bridgehead atoms. The summed E-state index contributed by atoms with van der Waals surface area (Å²) in [5.41, 5.74) is 0.704. The average molecular weight is 737 g/mol. The van der Waals surface area contributed by atoms with Crippen LogP contribution in [-0.4, -0.2) is 30.4 Å². The Morgan fingerprint density at radius 3 is 2.13 bits per heavy atom. The number of urea groups is 1. The van der Waals surface area contributed by atoms with E-state index in [0.717, 1.165) is 4.90 Å². The maximum absolute atomic E-state index is 13.1. The molecule has 5 amide bonds. The van der Waals surface area contributed by atoms with E-state index in [-0.39, 0.29) is 27.9 Å². The number of halogens is 6. The molecule has 8 nitrogen and oxygen atoms in total. The molecule has 1 aliphatic rings. The van der Waals surface area contributed by atoms with E-state index >= 15 is 0 Å². The van der Waals surface area contributed by atoms with Crippen LogP contribution in [0, 0.1) is 0 Å². The lowest BCUT2D eigenvalue weighted by Gasteiger charge is -2.26. The van der Waals surface area contributed by atoms with Gasteiger partial charge in [-0.05, 0) is 92.0 Å². The van der Waals surface area contributed by atoms with Crippen LogP contribution in [0.4, 0.5) is 16.2 Å². The summed E-state index contributed by atoms with van der Waals surface area (Å²) in [5.74, 6) is -1.87. The van der Waals surface area contributed by atoms with E-state index in [2.05, 4.69) is 42.5 Å². The highest BCUT2D eigenvalue weighted by molar-refractivity contribution is 9.11. The lowest BCUT2D eigenvalue weighted by molar-refractivity contribution is -0.122. The smallest absolute Gasteiger partial charge is 0.335 e. The third kappa shape index (κ3) is 6.77. The molecule has 1 saturated heterocycles. The number of carbonyl (C=O) groups excluding carboxylic acids is 4. The fourth-order valence-corrected chi connectivity index (χ4v) is 5.43. The average Bonchev–Trinajstić information content (AvgIpc) is 2.85. The third-order valence-corrected chi connectivity index (χ3v) is 7.80. The first kappa shape index (κ1) is 29.4. The molecule has 3 aromatic carbocycles. The molecule has 3 aromatic rings. The van der Waals surface area contributed by atoms with Crippen molar-refractivity contribution in [3.8, 4) is 5.75 Å². The van der Waals surface area contributed by atoms with Crippen LogP contribution in [0.3, 0.4) is 0 Å². The van der Waals surface area contributed by atoms with Crippen LogP contribution in [0.5, 0.6) is 5.75 Å². The Balaban J connectivity index is 1.52. The van der Waals surface area contributed by atoms with Crippen LogP contribution in [0.25, 0.3) is 6.08 Å². The minimum Gasteiger partial charge on any atom is -0.481 e. The number of anilines is 2. The highest BCUT2D eigenvalue weighted by atomic mass is 79.9. The van der Waals surface area contributed by atoms with Gasteiger partial charge in [0.1, 0.15) is 11.3 Å². The molecule has 1 heterocycles. The van der Waals surface area contributed by atoms with E-state index in [1.807, 2.05) is 0 Å². The zero-order valence-electron chi connectivity index (χ0n) is 19.2. The van der Waals surface area contributed by atoms with Gasteiger partial charge < -0.3 is 10.1 Å². The Kier molecular flexibility index (Phi) is 9.25. The molecule has 2 N–H and O–H groups in total. The normalized spacial score (nSPS) is 14.5. The van der Waals surface area contributed by atoms with E-state index < -0.39 is 23.8 Å². The van der Waals surface area contributed by atoms with Crippen molar-refractivity contribution in [2.45, 2.75) is 0 Å². The number of carbonyl (C=O) groups is 4. The minimum atomic E-state index is -0.925. The summed E-state index contributed by atoms with van der Waals surface area (Å²) >= 11 is 30.6. The highest BCUT2D eigenvalue weighted by Gasteiger charge is 2.37. The van der Waals surface area contributed by atoms with E-state index in [9.17, 15) is 19.2 Å². The largest absolute Gasteiger partial charge is 0.481 e. The molecular weight excluding hydrogens is 724 g/mol. The Morgan fingerprint density at radius 2 is 1.51 bits per heavy atom. The van der Waals surface area contributed by atoms with Gasteiger partial charge >= 0.3 is 6.03 Å². The van der Waals surface area contributed by atoms with Gasteiger partial charge in [-0.3, -0.25) is 19.7 Å². The van der Waals surface area contributed by atoms with E-state index in [4.69, 9.17) is 51.1 Å². The number of imide groups is 2. The van der Waals surface area contributed by atoms with Crippen molar-refractivity contribution in [2.75, 3.05) is 16.8 Å². The SMILES string of the molecule is O=C(COc1c(Br)cc(/C=C2/C(=O)NC(=O)N(c3ccc(Cl)c(Cl)c3)C2=O)cc1Br)Nc1ccc(Cl)c(Cl)c1. The lowest BCUT2D eigenvalue weighted by Crippen LogP contribution is -2.54. The molecule has 4 rings (SSSR count). The second kappa shape index (κ2) is 12.3. The van der Waals surface area contributed by atoms with Gasteiger partial charge in [-0.25, -0.2) is 9.69 Å². The molecule has 0 spiro atoms. The van der Waals surface area contributed by atoms with Crippen LogP contribution in [0.1, 0.15) is 5.56 Å². The summed E-state index contributed by atoms with van der Waals surface area (Å²) in [6.45, 7) is -0.334. The van der Waals surface area contributed by atoms with Crippen molar-refractivity contribution in [1.29, 1.82) is 0 Å². The summed E-state index contributed by atoms with van der Waals surface area (Å²) in [6.07, 6.45) is 1.31. The summed E-state index contributed by atoms with van der Waals surface area (Å²) in [5, 5.41) is 5.80. The van der Waals surface area contributed by atoms with Gasteiger partial charge in [0.25, 0.3) is 17.7 Å². The Bertz CT molecular complexity index is 1560. The van der Waals surface area contributed by atoms with Crippen molar-refractivity contribution in [3.05, 3.63) is 88.7 Å². The second-order valence-electron chi connectivity index (χ2n) is 7.84. The predicted octanol–water partition coefficient (Wildman–Crippen LogP) is 7.51. The van der Waals surface area contributed by atoms with Crippen LogP contribution < -0.4 is 20.3 Å². The summed E-state index contributed by atoms with van der Waals surface area (Å²) in [4.78, 5) is 51.2. The quantitative estimate of drug-likeness (QED) is 0.202. The molecule has 0 radical (unpaired) electrons. The third-order valence-electron chi connectivity index (χ3n) is 5.15. The monoisotopic (exact) mass is 733 g/mol. The molecule has 0 saturated carbocycles. The van der Waals surface area contributed by atoms with Crippen molar-refractivity contribution in [3.63, 3.8) is 0 Å². The van der Waals surface area contributed by atoms with Gasteiger partial charge in [0.05, 0.1) is 34.7 Å². The van der Waals surface area contributed by atoms with Crippen molar-refractivity contribution in [1.82, 2.24) is 5.32 Å². The lowest BCUT2D eigenvalue weighted by atomic mass is 10.1. The van der Waals surface area contributed by atoms with Gasteiger partial charge in [0.15, 0.2) is 6.61 Å². The van der Waals surface area contributed by atoms with Crippen LogP contribution >= 0.6 is 78.3 Å². The number of amides is 5. The van der Waals surface area contributed by atoms with Crippen molar-refractivity contribution >= 4 is 119 Å². The zero-order chi connectivity index (χ0) is 28.4. The highest BCUT2D eigenvalue weighted by Crippen LogP contribution is 2.36. The molecule has 0 aliphatic carbocycles. The molecule has 14 heteroatoms. The number of barbiturate groups is 1. The van der Waals surface area contributed by atoms with Gasteiger partial charge in [0.2, 0.25) is 0 Å². The summed E-state index contributed by atoms with van der Waals surface area (Å²) in [7, 11) is 0. The topological polar surface area (TPSA) is 105 Å². The maximum Gasteiger partial charge on any atom is 0.335 e. The zero-order valence-corrected chi connectivity index (χ0v) is 25.4. The molecular formula is C25H13Br2Cl4N3O5. The predicted molar refractivity (Wildman–Crippen MR) is 158 cm³/mol. The molecule has 0 atom stereocenters. The fourth-order valence-electron chi connectivity index (χ4n) is 3.39. The second-order valence-corrected chi connectivity index (χ2v) is 11.2. The van der Waals surface area contributed by atoms with Gasteiger partial charge in [-0.1, -0.05) is 46.4 Å². The van der Waals surface area contributed by atoms with E-state index in [1.54, 1.807) is 24.3 Å². The number of benzene rings is 3. The van der Waals surface area contributed by atoms with Gasteiger partial charge in [-0.2, -0.15) is 0 Å². The number of hydrogen-bond donors (Lipinski definition) is 2. The summed E-state index contributed by atoms with van der Waals surface area (Å²) < 4.78 is 6.49. The van der Waals surface area contributed by atoms with Gasteiger partial charge in [-0.15, -0.1) is 0 Å².